The Hall–Kier alpha value is -0.500. The molecule has 0 N–H and O–H groups in total. The average Bonchev–Trinajstić information content (AvgIpc) is 2.72. The van der Waals surface area contributed by atoms with Crippen LogP contribution in [0.3, 0.4) is 0 Å². The van der Waals surface area contributed by atoms with Gasteiger partial charge < -0.3 is 4.74 Å². The lowest BCUT2D eigenvalue weighted by Crippen LogP contribution is -1.95. The number of ether oxygens (including phenoxy) is 1. The van der Waals surface area contributed by atoms with E-state index in [1.807, 2.05) is 0 Å². The van der Waals surface area contributed by atoms with Crippen molar-refractivity contribution in [1.29, 1.82) is 0 Å². The second-order valence-electron chi connectivity index (χ2n) is 4.15. The predicted octanol–water partition coefficient (Wildman–Crippen LogP) is 4.83. The Kier molecular flexibility index (Phi) is 5.77. The van der Waals surface area contributed by atoms with E-state index >= 15 is 0 Å². The maximum atomic E-state index is 5.34. The first-order valence-electron chi connectivity index (χ1n) is 5.89. The third-order valence-corrected chi connectivity index (χ3v) is 3.64. The Morgan fingerprint density at radius 1 is 1.27 bits per heavy atom. The lowest BCUT2D eigenvalue weighted by atomic mass is 9.96. The molecule has 1 heterocycles. The summed E-state index contributed by atoms with van der Waals surface area (Å²) in [7, 11) is 1.76. The second-order valence-corrected chi connectivity index (χ2v) is 4.89. The van der Waals surface area contributed by atoms with Crippen LogP contribution in [0, 0.1) is 0 Å². The summed E-state index contributed by atoms with van der Waals surface area (Å²) in [6, 6.07) is 0. The lowest BCUT2D eigenvalue weighted by molar-refractivity contribution is 0.406. The van der Waals surface area contributed by atoms with Crippen LogP contribution in [0.4, 0.5) is 0 Å². The van der Waals surface area contributed by atoms with Crippen molar-refractivity contribution in [3.8, 4) is 5.75 Å². The van der Waals surface area contributed by atoms with Gasteiger partial charge in [0, 0.05) is 10.9 Å². The summed E-state index contributed by atoms with van der Waals surface area (Å²) < 4.78 is 5.34. The zero-order valence-corrected chi connectivity index (χ0v) is 10.9. The molecular formula is C13H22OS. The fourth-order valence-corrected chi connectivity index (χ4v) is 2.77. The summed E-state index contributed by atoms with van der Waals surface area (Å²) in [6.07, 6.45) is 6.68. The van der Waals surface area contributed by atoms with E-state index < -0.39 is 0 Å². The number of methoxy groups -OCH3 is 1. The normalized spacial score (nSPS) is 12.7. The predicted molar refractivity (Wildman–Crippen MR) is 68.0 cm³/mol. The molecule has 0 aromatic carbocycles. The van der Waals surface area contributed by atoms with Crippen LogP contribution in [-0.2, 0) is 0 Å². The van der Waals surface area contributed by atoms with Crippen LogP contribution >= 0.6 is 11.3 Å². The quantitative estimate of drug-likeness (QED) is 0.605. The van der Waals surface area contributed by atoms with E-state index in [4.69, 9.17) is 4.74 Å². The molecule has 0 aliphatic carbocycles. The Labute approximate surface area is 97.5 Å². The van der Waals surface area contributed by atoms with Gasteiger partial charge in [0.15, 0.2) is 0 Å². The molecule has 1 aromatic rings. The van der Waals surface area contributed by atoms with Gasteiger partial charge in [-0.1, -0.05) is 39.5 Å². The summed E-state index contributed by atoms with van der Waals surface area (Å²) in [5.74, 6) is 1.71. The van der Waals surface area contributed by atoms with Crippen LogP contribution < -0.4 is 4.74 Å². The number of hydrogen-bond acceptors (Lipinski definition) is 2. The Balaban J connectivity index is 2.36. The first-order valence-corrected chi connectivity index (χ1v) is 6.84. The van der Waals surface area contributed by atoms with Crippen molar-refractivity contribution < 1.29 is 4.74 Å². The highest BCUT2D eigenvalue weighted by Gasteiger charge is 2.11. The highest BCUT2D eigenvalue weighted by molar-refractivity contribution is 7.08. The van der Waals surface area contributed by atoms with E-state index in [0.717, 1.165) is 5.75 Å². The summed E-state index contributed by atoms with van der Waals surface area (Å²) in [4.78, 5) is 0. The smallest absolute Gasteiger partial charge is 0.132 e. The Bertz CT molecular complexity index is 267. The molecule has 0 spiro atoms. The highest BCUT2D eigenvalue weighted by Crippen LogP contribution is 2.33. The topological polar surface area (TPSA) is 9.23 Å². The molecule has 15 heavy (non-hydrogen) atoms. The van der Waals surface area contributed by atoms with Gasteiger partial charge in [-0.15, -0.1) is 11.3 Å². The largest absolute Gasteiger partial charge is 0.496 e. The highest BCUT2D eigenvalue weighted by atomic mass is 32.1. The summed E-state index contributed by atoms with van der Waals surface area (Å²) in [5, 5.41) is 4.32. The van der Waals surface area contributed by atoms with Crippen molar-refractivity contribution in [2.75, 3.05) is 7.11 Å². The van der Waals surface area contributed by atoms with E-state index in [2.05, 4.69) is 24.6 Å². The summed E-state index contributed by atoms with van der Waals surface area (Å²) >= 11 is 1.74. The molecule has 0 radical (unpaired) electrons. The molecule has 0 aliphatic rings. The third kappa shape index (κ3) is 3.86. The minimum absolute atomic E-state index is 0.642. The molecule has 1 aromatic heterocycles. The van der Waals surface area contributed by atoms with Gasteiger partial charge in [0.2, 0.25) is 0 Å². The molecule has 1 rings (SSSR count). The van der Waals surface area contributed by atoms with Crippen molar-refractivity contribution >= 4 is 11.3 Å². The molecule has 2 heteroatoms. The second kappa shape index (κ2) is 6.89. The maximum absolute atomic E-state index is 5.34. The molecule has 1 nitrogen and oxygen atoms in total. The van der Waals surface area contributed by atoms with Crippen LogP contribution in [0.1, 0.15) is 57.4 Å². The van der Waals surface area contributed by atoms with Gasteiger partial charge in [-0.25, -0.2) is 0 Å². The van der Waals surface area contributed by atoms with Gasteiger partial charge in [0.1, 0.15) is 5.75 Å². The van der Waals surface area contributed by atoms with Gasteiger partial charge in [-0.3, -0.25) is 0 Å². The fraction of sp³-hybridized carbons (Fsp3) is 0.692. The number of hydrogen-bond donors (Lipinski definition) is 0. The number of rotatable bonds is 7. The van der Waals surface area contributed by atoms with E-state index in [9.17, 15) is 0 Å². The van der Waals surface area contributed by atoms with E-state index in [-0.39, 0.29) is 0 Å². The van der Waals surface area contributed by atoms with Crippen molar-refractivity contribution in [2.45, 2.75) is 51.9 Å². The Morgan fingerprint density at radius 3 is 2.73 bits per heavy atom. The zero-order chi connectivity index (χ0) is 11.1. The van der Waals surface area contributed by atoms with Crippen LogP contribution in [0.25, 0.3) is 0 Å². The standard InChI is InChI=1S/C13H22OS/c1-4-5-6-7-8-11(2)12-9-15-10-13(12)14-3/h9-11H,4-8H2,1-3H3. The van der Waals surface area contributed by atoms with Gasteiger partial charge in [-0.2, -0.15) is 0 Å². The van der Waals surface area contributed by atoms with Crippen LogP contribution in [0.15, 0.2) is 10.8 Å². The monoisotopic (exact) mass is 226 g/mol. The molecule has 0 fully saturated rings. The lowest BCUT2D eigenvalue weighted by Gasteiger charge is -2.11. The maximum Gasteiger partial charge on any atom is 0.132 e. The Morgan fingerprint density at radius 2 is 2.07 bits per heavy atom. The molecule has 86 valence electrons. The molecule has 0 amide bonds. The molecule has 0 saturated heterocycles. The van der Waals surface area contributed by atoms with Crippen molar-refractivity contribution in [3.63, 3.8) is 0 Å². The molecule has 0 bridgehead atoms. The first kappa shape index (κ1) is 12.6. The molecule has 1 atom stereocenters. The zero-order valence-electron chi connectivity index (χ0n) is 10.1. The van der Waals surface area contributed by atoms with Gasteiger partial charge in [0.25, 0.3) is 0 Å². The van der Waals surface area contributed by atoms with Crippen molar-refractivity contribution in [1.82, 2.24) is 0 Å². The van der Waals surface area contributed by atoms with Gasteiger partial charge in [0.05, 0.1) is 7.11 Å². The summed E-state index contributed by atoms with van der Waals surface area (Å²) in [5.41, 5.74) is 1.39. The molecular weight excluding hydrogens is 204 g/mol. The minimum atomic E-state index is 0.642. The summed E-state index contributed by atoms with van der Waals surface area (Å²) in [6.45, 7) is 4.56. The van der Waals surface area contributed by atoms with Crippen molar-refractivity contribution in [3.05, 3.63) is 16.3 Å². The van der Waals surface area contributed by atoms with Gasteiger partial charge in [-0.05, 0) is 17.7 Å². The SMILES string of the molecule is CCCCCCC(C)c1cscc1OC. The van der Waals surface area contributed by atoms with E-state index in [1.54, 1.807) is 18.4 Å². The first-order chi connectivity index (χ1) is 7.29. The van der Waals surface area contributed by atoms with Crippen LogP contribution in [0.2, 0.25) is 0 Å². The molecule has 1 unspecified atom stereocenters. The van der Waals surface area contributed by atoms with Crippen LogP contribution in [-0.4, -0.2) is 7.11 Å². The number of thiophene rings is 1. The fourth-order valence-electron chi connectivity index (χ4n) is 1.85. The van der Waals surface area contributed by atoms with E-state index in [1.165, 1.54) is 37.7 Å². The third-order valence-electron chi connectivity index (χ3n) is 2.90. The van der Waals surface area contributed by atoms with Crippen LogP contribution in [0.5, 0.6) is 5.75 Å². The average molecular weight is 226 g/mol. The number of unbranched alkanes of at least 4 members (excludes halogenated alkanes) is 3. The van der Waals surface area contributed by atoms with E-state index in [0.29, 0.717) is 5.92 Å². The molecule has 0 aliphatic heterocycles. The van der Waals surface area contributed by atoms with Gasteiger partial charge >= 0.3 is 0 Å². The molecule has 0 saturated carbocycles. The van der Waals surface area contributed by atoms with Crippen molar-refractivity contribution in [2.24, 2.45) is 0 Å². The minimum Gasteiger partial charge on any atom is -0.496 e.